The van der Waals surface area contributed by atoms with Crippen LogP contribution in [0.4, 0.5) is 0 Å². The van der Waals surface area contributed by atoms with E-state index in [1.165, 1.54) is 12.3 Å². The molecule has 3 nitrogen and oxygen atoms in total. The van der Waals surface area contributed by atoms with Crippen molar-refractivity contribution in [2.24, 2.45) is 0 Å². The maximum Gasteiger partial charge on any atom is 0.339 e. The molecular weight excluding hydrogens is 222 g/mol. The highest BCUT2D eigenvalue weighted by Crippen LogP contribution is 2.10. The maximum absolute atomic E-state index is 11.5. The van der Waals surface area contributed by atoms with Crippen LogP contribution in [0.15, 0.2) is 22.9 Å². The van der Waals surface area contributed by atoms with Gasteiger partial charge in [0, 0.05) is 21.0 Å². The Kier molecular flexibility index (Phi) is 1.53. The van der Waals surface area contributed by atoms with Gasteiger partial charge < -0.3 is 4.74 Å². The summed E-state index contributed by atoms with van der Waals surface area (Å²) in [6, 6.07) is 1.35. The van der Waals surface area contributed by atoms with Crippen LogP contribution in [0, 0.1) is 0 Å². The molecule has 0 unspecified atom stereocenters. The molecule has 1 rings (SSSR count). The maximum atomic E-state index is 11.5. The molecule has 0 aliphatic heterocycles. The van der Waals surface area contributed by atoms with Gasteiger partial charge in [-0.15, -0.1) is 0 Å². The van der Waals surface area contributed by atoms with Crippen LogP contribution < -0.4 is 0 Å². The van der Waals surface area contributed by atoms with Crippen LogP contribution in [0.3, 0.4) is 0 Å². The Morgan fingerprint density at radius 1 is 1.92 bits per heavy atom. The van der Waals surface area contributed by atoms with Crippen LogP contribution in [0.1, 0.15) is 24.1 Å². The van der Waals surface area contributed by atoms with Gasteiger partial charge in [0.2, 0.25) is 0 Å². The fourth-order valence-electron chi connectivity index (χ4n) is 0.629. The molecule has 0 aliphatic carbocycles. The summed E-state index contributed by atoms with van der Waals surface area (Å²) in [6.07, 6.45) is 2.58. The van der Waals surface area contributed by atoms with E-state index in [1.807, 2.05) is 0 Å². The van der Waals surface area contributed by atoms with E-state index in [4.69, 9.17) is 6.85 Å². The van der Waals surface area contributed by atoms with Crippen LogP contribution >= 0.6 is 15.9 Å². The molecule has 0 aliphatic rings. The van der Waals surface area contributed by atoms with Gasteiger partial charge in [0.25, 0.3) is 0 Å². The summed E-state index contributed by atoms with van der Waals surface area (Å²) < 4.78 is 39.8. The Bertz CT molecular complexity index is 434. The zero-order valence-corrected chi connectivity index (χ0v) is 7.46. The summed E-state index contributed by atoms with van der Waals surface area (Å²) in [5.41, 5.74) is -0.0347. The summed E-state index contributed by atoms with van der Waals surface area (Å²) >= 11 is 3.07. The Hall–Kier alpha value is -0.900. The third kappa shape index (κ3) is 2.30. The minimum absolute atomic E-state index is 0.0347. The van der Waals surface area contributed by atoms with E-state index < -0.39 is 19.4 Å². The Labute approximate surface area is 85.9 Å². The second-order valence-corrected chi connectivity index (χ2v) is 2.80. The molecule has 0 spiro atoms. The van der Waals surface area contributed by atoms with Gasteiger partial charge in [0.15, 0.2) is 0 Å². The first-order chi connectivity index (χ1) is 7.63. The number of halogens is 1. The topological polar surface area (TPSA) is 39.2 Å². The van der Waals surface area contributed by atoms with Crippen molar-refractivity contribution < 1.29 is 16.4 Å². The zero-order valence-electron chi connectivity index (χ0n) is 10.9. The molecule has 0 saturated heterocycles. The molecule has 0 N–H and O–H groups in total. The van der Waals surface area contributed by atoms with Crippen LogP contribution in [0.5, 0.6) is 0 Å². The highest BCUT2D eigenvalue weighted by Gasteiger charge is 2.05. The fraction of sp³-hybridized carbons (Fsp3) is 0.250. The van der Waals surface area contributed by atoms with Crippen molar-refractivity contribution in [3.05, 3.63) is 28.5 Å². The molecule has 0 atom stereocenters. The number of hydrogen-bond donors (Lipinski definition) is 0. The molecule has 12 heavy (non-hydrogen) atoms. The number of carbonyl (C=O) groups excluding carboxylic acids is 1. The summed E-state index contributed by atoms with van der Waals surface area (Å²) in [5.74, 6) is -1.08. The van der Waals surface area contributed by atoms with E-state index in [1.54, 1.807) is 0 Å². The van der Waals surface area contributed by atoms with Crippen molar-refractivity contribution in [2.75, 3.05) is 6.56 Å². The van der Waals surface area contributed by atoms with Crippen LogP contribution in [0.2, 0.25) is 0 Å². The standard InChI is InChI=1S/C8H8BrNO2/c1-2-12-8(11)6-3-7(9)5-10-4-6/h3-5H,2H2,1H3/i1D3,2D2. The largest absolute Gasteiger partial charge is 0.462 e. The highest BCUT2D eigenvalue weighted by atomic mass is 79.9. The molecule has 64 valence electrons. The Balaban J connectivity index is 2.87. The molecule has 0 aromatic carbocycles. The number of carbonyl (C=O) groups is 1. The fourth-order valence-corrected chi connectivity index (χ4v) is 0.994. The Morgan fingerprint density at radius 3 is 3.42 bits per heavy atom. The van der Waals surface area contributed by atoms with Crippen molar-refractivity contribution >= 4 is 21.9 Å². The normalized spacial score (nSPS) is 17.9. The molecule has 0 fully saturated rings. The minimum atomic E-state index is -3.04. The van der Waals surface area contributed by atoms with Gasteiger partial charge >= 0.3 is 5.97 Å². The highest BCUT2D eigenvalue weighted by molar-refractivity contribution is 9.10. The van der Waals surface area contributed by atoms with Crippen LogP contribution in [0.25, 0.3) is 0 Å². The third-order valence-electron chi connectivity index (χ3n) is 1.08. The summed E-state index contributed by atoms with van der Waals surface area (Å²) in [5, 5.41) is 0. The first-order valence-electron chi connectivity index (χ1n) is 5.47. The number of aromatic nitrogens is 1. The van der Waals surface area contributed by atoms with Gasteiger partial charge in [0.1, 0.15) is 0 Å². The van der Waals surface area contributed by atoms with E-state index in [2.05, 4.69) is 25.7 Å². The summed E-state index contributed by atoms with van der Waals surface area (Å²) in [7, 11) is 0. The summed E-state index contributed by atoms with van der Waals surface area (Å²) in [6.45, 7) is -6.07. The van der Waals surface area contributed by atoms with E-state index in [0.29, 0.717) is 4.47 Å². The van der Waals surface area contributed by atoms with Gasteiger partial charge in [-0.2, -0.15) is 0 Å². The molecule has 1 aromatic rings. The van der Waals surface area contributed by atoms with Gasteiger partial charge in [-0.3, -0.25) is 4.98 Å². The van der Waals surface area contributed by atoms with Crippen molar-refractivity contribution in [2.45, 2.75) is 6.85 Å². The number of esters is 1. The van der Waals surface area contributed by atoms with Crippen molar-refractivity contribution in [3.8, 4) is 0 Å². The lowest BCUT2D eigenvalue weighted by atomic mass is 10.3. The molecule has 1 aromatic heterocycles. The first-order valence-corrected chi connectivity index (χ1v) is 3.77. The first kappa shape index (κ1) is 4.37. The quantitative estimate of drug-likeness (QED) is 0.736. The van der Waals surface area contributed by atoms with Crippen molar-refractivity contribution in [3.63, 3.8) is 0 Å². The van der Waals surface area contributed by atoms with Crippen LogP contribution in [-0.4, -0.2) is 17.5 Å². The zero-order chi connectivity index (χ0) is 13.3. The lowest BCUT2D eigenvalue weighted by Gasteiger charge is -2.00. The number of hydrogen-bond acceptors (Lipinski definition) is 3. The molecule has 1 heterocycles. The van der Waals surface area contributed by atoms with Crippen molar-refractivity contribution in [1.82, 2.24) is 4.98 Å². The van der Waals surface area contributed by atoms with Gasteiger partial charge in [0.05, 0.1) is 14.9 Å². The molecule has 0 radical (unpaired) electrons. The van der Waals surface area contributed by atoms with Crippen molar-refractivity contribution in [1.29, 1.82) is 0 Å². The molecule has 0 amide bonds. The smallest absolute Gasteiger partial charge is 0.339 e. The number of pyridine rings is 1. The van der Waals surface area contributed by atoms with Gasteiger partial charge in [-0.25, -0.2) is 4.79 Å². The van der Waals surface area contributed by atoms with Gasteiger partial charge in [-0.1, -0.05) is 0 Å². The lowest BCUT2D eigenvalue weighted by molar-refractivity contribution is 0.0526. The number of rotatable bonds is 2. The third-order valence-corrected chi connectivity index (χ3v) is 1.52. The lowest BCUT2D eigenvalue weighted by Crippen LogP contribution is -2.04. The van der Waals surface area contributed by atoms with E-state index in [-0.39, 0.29) is 5.56 Å². The average Bonchev–Trinajstić information content (AvgIpc) is 2.15. The molecular formula is C8H8BrNO2. The number of ether oxygens (including phenoxy) is 1. The summed E-state index contributed by atoms with van der Waals surface area (Å²) in [4.78, 5) is 15.2. The predicted molar refractivity (Wildman–Crippen MR) is 47.9 cm³/mol. The Morgan fingerprint density at radius 2 is 2.75 bits per heavy atom. The SMILES string of the molecule is [2H]C([2H])([2H])C([2H])([2H])OC(=O)c1cncc(Br)c1. The van der Waals surface area contributed by atoms with Gasteiger partial charge in [-0.05, 0) is 28.8 Å². The monoisotopic (exact) mass is 234 g/mol. The second-order valence-electron chi connectivity index (χ2n) is 1.88. The molecule has 0 bridgehead atoms. The second kappa shape index (κ2) is 4.21. The number of nitrogens with zero attached hydrogens (tertiary/aromatic N) is 1. The van der Waals surface area contributed by atoms with Crippen LogP contribution in [-0.2, 0) is 4.74 Å². The predicted octanol–water partition coefficient (Wildman–Crippen LogP) is 2.02. The minimum Gasteiger partial charge on any atom is -0.462 e. The van der Waals surface area contributed by atoms with E-state index >= 15 is 0 Å². The molecule has 4 heteroatoms. The van der Waals surface area contributed by atoms with E-state index in [0.717, 1.165) is 6.20 Å². The molecule has 0 saturated carbocycles. The average molecular weight is 235 g/mol. The van der Waals surface area contributed by atoms with E-state index in [9.17, 15) is 4.79 Å².